The lowest BCUT2D eigenvalue weighted by molar-refractivity contribution is -0.126. The van der Waals surface area contributed by atoms with Gasteiger partial charge >= 0.3 is 0 Å². The molecule has 3 rings (SSSR count). The number of ether oxygens (including phenoxy) is 1. The third-order valence-electron chi connectivity index (χ3n) is 3.40. The van der Waals surface area contributed by atoms with Crippen molar-refractivity contribution in [2.45, 2.75) is 25.0 Å². The Hall–Kier alpha value is -0.960. The van der Waals surface area contributed by atoms with Gasteiger partial charge in [0, 0.05) is 0 Å². The van der Waals surface area contributed by atoms with Gasteiger partial charge in [-0.05, 0) is 6.92 Å². The van der Waals surface area contributed by atoms with Gasteiger partial charge < -0.3 is 4.74 Å². The van der Waals surface area contributed by atoms with E-state index in [9.17, 15) is 9.59 Å². The summed E-state index contributed by atoms with van der Waals surface area (Å²) in [7, 11) is 0. The van der Waals surface area contributed by atoms with Crippen LogP contribution < -0.4 is 0 Å². The molecule has 2 fully saturated rings. The minimum absolute atomic E-state index is 0.0596. The molecule has 2 heterocycles. The van der Waals surface area contributed by atoms with Crippen LogP contribution in [-0.4, -0.2) is 23.3 Å². The zero-order valence-electron chi connectivity index (χ0n) is 7.32. The Balaban J connectivity index is 2.13. The minimum atomic E-state index is -0.488. The highest BCUT2D eigenvalue weighted by molar-refractivity contribution is 6.10. The van der Waals surface area contributed by atoms with Crippen molar-refractivity contribution in [3.63, 3.8) is 0 Å². The maximum absolute atomic E-state index is 11.5. The van der Waals surface area contributed by atoms with Crippen molar-refractivity contribution in [1.82, 2.24) is 0 Å². The van der Waals surface area contributed by atoms with Gasteiger partial charge in [0.25, 0.3) is 0 Å². The summed E-state index contributed by atoms with van der Waals surface area (Å²) in [5.74, 6) is -0.255. The van der Waals surface area contributed by atoms with Crippen LogP contribution in [0.5, 0.6) is 0 Å². The molecule has 0 aromatic carbocycles. The quantitative estimate of drug-likeness (QED) is 0.400. The van der Waals surface area contributed by atoms with Gasteiger partial charge in [0.05, 0.1) is 30.0 Å². The molecule has 4 atom stereocenters. The van der Waals surface area contributed by atoms with Gasteiger partial charge in [-0.3, -0.25) is 9.59 Å². The standard InChI is InChI=1S/C10H10O3/c1-10-3-2-7(13-10)8-5(11)4-6(12)9(8)10/h2-3,7-9H,4H2,1H3/t7-,8+,9+,10-/m1/s1. The lowest BCUT2D eigenvalue weighted by Crippen LogP contribution is -2.34. The van der Waals surface area contributed by atoms with Gasteiger partial charge in [-0.15, -0.1) is 0 Å². The molecule has 0 aromatic heterocycles. The fourth-order valence-electron chi connectivity index (χ4n) is 2.86. The fraction of sp³-hybridized carbons (Fsp3) is 0.600. The number of hydrogen-bond donors (Lipinski definition) is 0. The van der Waals surface area contributed by atoms with Gasteiger partial charge in [0.15, 0.2) is 0 Å². The van der Waals surface area contributed by atoms with E-state index in [0.717, 1.165) is 0 Å². The summed E-state index contributed by atoms with van der Waals surface area (Å²) in [4.78, 5) is 23.0. The molecule has 0 amide bonds. The summed E-state index contributed by atoms with van der Waals surface area (Å²) in [6, 6.07) is 0. The lowest BCUT2D eigenvalue weighted by atomic mass is 9.78. The summed E-state index contributed by atoms with van der Waals surface area (Å²) in [6.07, 6.45) is 3.83. The van der Waals surface area contributed by atoms with E-state index in [1.807, 2.05) is 19.1 Å². The average Bonchev–Trinajstić information content (AvgIpc) is 2.62. The highest BCUT2D eigenvalue weighted by Gasteiger charge is 2.62. The van der Waals surface area contributed by atoms with Gasteiger partial charge in [-0.1, -0.05) is 12.2 Å². The van der Waals surface area contributed by atoms with E-state index in [1.165, 1.54) is 0 Å². The van der Waals surface area contributed by atoms with Crippen molar-refractivity contribution >= 4 is 11.6 Å². The molecule has 68 valence electrons. The first-order valence-electron chi connectivity index (χ1n) is 4.54. The van der Waals surface area contributed by atoms with Crippen LogP contribution in [0.3, 0.4) is 0 Å². The molecule has 3 aliphatic rings. The largest absolute Gasteiger partial charge is 0.362 e. The second-order valence-corrected chi connectivity index (χ2v) is 4.24. The Morgan fingerprint density at radius 3 is 2.92 bits per heavy atom. The van der Waals surface area contributed by atoms with E-state index in [2.05, 4.69) is 0 Å². The predicted octanol–water partition coefficient (Wildman–Crippen LogP) is 0.488. The van der Waals surface area contributed by atoms with Gasteiger partial charge in [0.1, 0.15) is 11.6 Å². The molecule has 1 saturated carbocycles. The number of ketones is 2. The number of hydrogen-bond acceptors (Lipinski definition) is 3. The van der Waals surface area contributed by atoms with Gasteiger partial charge in [0.2, 0.25) is 0 Å². The Kier molecular flexibility index (Phi) is 1.10. The zero-order valence-corrected chi connectivity index (χ0v) is 7.32. The first-order chi connectivity index (χ1) is 6.12. The Bertz CT molecular complexity index is 344. The number of rotatable bonds is 0. The van der Waals surface area contributed by atoms with Crippen molar-refractivity contribution in [3.8, 4) is 0 Å². The third kappa shape index (κ3) is 0.695. The number of carbonyl (C=O) groups is 2. The van der Waals surface area contributed by atoms with Crippen molar-refractivity contribution < 1.29 is 14.3 Å². The average molecular weight is 178 g/mol. The maximum atomic E-state index is 11.5. The maximum Gasteiger partial charge on any atom is 0.147 e. The van der Waals surface area contributed by atoms with E-state index in [-0.39, 0.29) is 35.9 Å². The van der Waals surface area contributed by atoms with Crippen molar-refractivity contribution in [2.24, 2.45) is 11.8 Å². The zero-order chi connectivity index (χ0) is 9.22. The SMILES string of the molecule is C[C@]12C=C[C@@H](O1)[C@@H]1C(=O)CC(=O)[C@@H]12. The van der Waals surface area contributed by atoms with Crippen LogP contribution in [0.25, 0.3) is 0 Å². The number of carbonyl (C=O) groups excluding carboxylic acids is 2. The lowest BCUT2D eigenvalue weighted by Gasteiger charge is -2.23. The molecule has 0 aromatic rings. The van der Waals surface area contributed by atoms with Crippen molar-refractivity contribution in [3.05, 3.63) is 12.2 Å². The molecule has 1 aliphatic carbocycles. The van der Waals surface area contributed by atoms with Crippen molar-refractivity contribution in [1.29, 1.82) is 0 Å². The smallest absolute Gasteiger partial charge is 0.147 e. The second kappa shape index (κ2) is 1.93. The highest BCUT2D eigenvalue weighted by Crippen LogP contribution is 2.51. The Morgan fingerprint density at radius 2 is 2.23 bits per heavy atom. The first kappa shape index (κ1) is 7.44. The molecule has 0 unspecified atom stereocenters. The molecule has 13 heavy (non-hydrogen) atoms. The summed E-state index contributed by atoms with van der Waals surface area (Å²) in [5, 5.41) is 0. The Morgan fingerprint density at radius 1 is 1.46 bits per heavy atom. The molecule has 0 spiro atoms. The van der Waals surface area contributed by atoms with E-state index in [4.69, 9.17) is 4.74 Å². The van der Waals surface area contributed by atoms with Gasteiger partial charge in [-0.2, -0.15) is 0 Å². The van der Waals surface area contributed by atoms with E-state index < -0.39 is 5.60 Å². The van der Waals surface area contributed by atoms with E-state index >= 15 is 0 Å². The summed E-state index contributed by atoms with van der Waals surface area (Å²) in [5.41, 5.74) is -0.488. The fourth-order valence-corrected chi connectivity index (χ4v) is 2.86. The third-order valence-corrected chi connectivity index (χ3v) is 3.40. The molecule has 1 saturated heterocycles. The van der Waals surface area contributed by atoms with Crippen LogP contribution in [0, 0.1) is 11.8 Å². The second-order valence-electron chi connectivity index (χ2n) is 4.24. The summed E-state index contributed by atoms with van der Waals surface area (Å²) >= 11 is 0. The van der Waals surface area contributed by atoms with Crippen LogP contribution in [0.15, 0.2) is 12.2 Å². The van der Waals surface area contributed by atoms with Crippen LogP contribution in [0.4, 0.5) is 0 Å². The molecule has 3 nitrogen and oxygen atoms in total. The first-order valence-corrected chi connectivity index (χ1v) is 4.54. The van der Waals surface area contributed by atoms with Crippen LogP contribution in [-0.2, 0) is 14.3 Å². The minimum Gasteiger partial charge on any atom is -0.362 e. The number of Topliss-reactive ketones (excluding diaryl/α,β-unsaturated/α-hetero) is 2. The van der Waals surface area contributed by atoms with Crippen LogP contribution in [0.2, 0.25) is 0 Å². The van der Waals surface area contributed by atoms with Gasteiger partial charge in [-0.25, -0.2) is 0 Å². The van der Waals surface area contributed by atoms with E-state index in [1.54, 1.807) is 0 Å². The van der Waals surface area contributed by atoms with Crippen LogP contribution in [0.1, 0.15) is 13.3 Å². The summed E-state index contributed by atoms with van der Waals surface area (Å²) < 4.78 is 5.61. The Labute approximate surface area is 75.8 Å². The molecular weight excluding hydrogens is 168 g/mol. The molecule has 0 radical (unpaired) electrons. The molecule has 2 aliphatic heterocycles. The van der Waals surface area contributed by atoms with Crippen molar-refractivity contribution in [2.75, 3.05) is 0 Å². The normalized spacial score (nSPS) is 51.9. The molecule has 0 N–H and O–H groups in total. The summed E-state index contributed by atoms with van der Waals surface area (Å²) in [6.45, 7) is 1.89. The monoisotopic (exact) mass is 178 g/mol. The topological polar surface area (TPSA) is 43.4 Å². The molecule has 3 heteroatoms. The van der Waals surface area contributed by atoms with E-state index in [0.29, 0.717) is 0 Å². The predicted molar refractivity (Wildman–Crippen MR) is 44.0 cm³/mol. The van der Waals surface area contributed by atoms with Crippen LogP contribution >= 0.6 is 0 Å². The molecule has 2 bridgehead atoms. The molecular formula is C10H10O3. The highest BCUT2D eigenvalue weighted by atomic mass is 16.5. The number of fused-ring (bicyclic) bond motifs is 5.